The molecule has 2 rings (SSSR count). The third-order valence-electron chi connectivity index (χ3n) is 2.84. The summed E-state index contributed by atoms with van der Waals surface area (Å²) in [6.45, 7) is 7.55. The van der Waals surface area contributed by atoms with Crippen molar-refractivity contribution in [2.45, 2.75) is 6.92 Å². The summed E-state index contributed by atoms with van der Waals surface area (Å²) in [7, 11) is -3.08. The molecule has 2 saturated heterocycles. The van der Waals surface area contributed by atoms with Gasteiger partial charge in [0.1, 0.15) is 0 Å². The van der Waals surface area contributed by atoms with E-state index in [9.17, 15) is 8.42 Å². The van der Waals surface area contributed by atoms with Crippen LogP contribution in [0.1, 0.15) is 6.92 Å². The van der Waals surface area contributed by atoms with E-state index < -0.39 is 10.2 Å². The van der Waals surface area contributed by atoms with Crippen LogP contribution in [0, 0.1) is 0 Å². The zero-order valence-electron chi connectivity index (χ0n) is 8.52. The predicted octanol–water partition coefficient (Wildman–Crippen LogP) is -0.816. The summed E-state index contributed by atoms with van der Waals surface area (Å²) in [6, 6.07) is 0. The molecule has 0 atom stereocenters. The highest BCUT2D eigenvalue weighted by Crippen LogP contribution is 2.17. The van der Waals surface area contributed by atoms with Gasteiger partial charge in [-0.3, -0.25) is 0 Å². The van der Waals surface area contributed by atoms with Gasteiger partial charge < -0.3 is 4.90 Å². The van der Waals surface area contributed by atoms with E-state index in [1.165, 1.54) is 4.31 Å². The molecule has 0 aromatic heterocycles. The molecule has 0 saturated carbocycles. The van der Waals surface area contributed by atoms with Crippen LogP contribution in [0.3, 0.4) is 0 Å². The molecule has 2 aliphatic heterocycles. The largest absolute Gasteiger partial charge is 0.301 e. The fourth-order valence-electron chi connectivity index (χ4n) is 1.71. The Labute approximate surface area is 85.5 Å². The van der Waals surface area contributed by atoms with Crippen LogP contribution >= 0.6 is 0 Å². The zero-order chi connectivity index (χ0) is 10.2. The minimum atomic E-state index is -3.08. The summed E-state index contributed by atoms with van der Waals surface area (Å²) in [5.74, 6) is 0. The number of likely N-dealkylation sites (N-methyl/N-ethyl adjacent to an activating group) is 1. The Hall–Kier alpha value is -0.170. The topological polar surface area (TPSA) is 43.6 Å². The van der Waals surface area contributed by atoms with E-state index in [1.54, 1.807) is 4.31 Å². The van der Waals surface area contributed by atoms with Crippen LogP contribution in [-0.2, 0) is 10.2 Å². The Bertz CT molecular complexity index is 292. The van der Waals surface area contributed by atoms with Gasteiger partial charge >= 0.3 is 0 Å². The van der Waals surface area contributed by atoms with Crippen molar-refractivity contribution in [3.8, 4) is 0 Å². The molecule has 0 aliphatic carbocycles. The van der Waals surface area contributed by atoms with Crippen LogP contribution in [0.2, 0.25) is 0 Å². The minimum absolute atomic E-state index is 0.646. The monoisotopic (exact) mass is 219 g/mol. The van der Waals surface area contributed by atoms with E-state index in [1.807, 2.05) is 0 Å². The van der Waals surface area contributed by atoms with Gasteiger partial charge in [-0.2, -0.15) is 17.0 Å². The fourth-order valence-corrected chi connectivity index (χ4v) is 3.21. The van der Waals surface area contributed by atoms with Gasteiger partial charge in [0, 0.05) is 39.3 Å². The average molecular weight is 219 g/mol. The summed E-state index contributed by atoms with van der Waals surface area (Å²) < 4.78 is 26.7. The molecule has 2 aliphatic rings. The van der Waals surface area contributed by atoms with Crippen molar-refractivity contribution in [1.82, 2.24) is 13.5 Å². The predicted molar refractivity (Wildman–Crippen MR) is 54.2 cm³/mol. The first-order chi connectivity index (χ1) is 6.64. The van der Waals surface area contributed by atoms with Crippen LogP contribution < -0.4 is 0 Å². The van der Waals surface area contributed by atoms with Crippen LogP contribution in [-0.4, -0.2) is 67.7 Å². The summed E-state index contributed by atoms with van der Waals surface area (Å²) in [6.07, 6.45) is 0. The second-order valence-electron chi connectivity index (χ2n) is 3.74. The zero-order valence-corrected chi connectivity index (χ0v) is 9.33. The number of nitrogens with zero attached hydrogens (tertiary/aromatic N) is 3. The van der Waals surface area contributed by atoms with Crippen molar-refractivity contribution in [2.24, 2.45) is 0 Å². The van der Waals surface area contributed by atoms with E-state index >= 15 is 0 Å². The molecule has 0 N–H and O–H groups in total. The van der Waals surface area contributed by atoms with Crippen LogP contribution in [0.15, 0.2) is 0 Å². The normalized spacial score (nSPS) is 26.6. The van der Waals surface area contributed by atoms with Crippen molar-refractivity contribution in [1.29, 1.82) is 0 Å². The summed E-state index contributed by atoms with van der Waals surface area (Å²) in [5.41, 5.74) is 0. The first-order valence-corrected chi connectivity index (χ1v) is 6.52. The molecule has 5 nitrogen and oxygen atoms in total. The highest BCUT2D eigenvalue weighted by atomic mass is 32.2. The van der Waals surface area contributed by atoms with Crippen LogP contribution in [0.5, 0.6) is 0 Å². The second kappa shape index (κ2) is 3.77. The van der Waals surface area contributed by atoms with Crippen molar-refractivity contribution >= 4 is 10.2 Å². The molecule has 0 radical (unpaired) electrons. The van der Waals surface area contributed by atoms with Gasteiger partial charge in [-0.1, -0.05) is 6.92 Å². The second-order valence-corrected chi connectivity index (χ2v) is 5.67. The first-order valence-electron chi connectivity index (χ1n) is 5.12. The Kier molecular flexibility index (Phi) is 2.79. The molecule has 0 spiro atoms. The van der Waals surface area contributed by atoms with Crippen molar-refractivity contribution in [2.75, 3.05) is 45.8 Å². The third kappa shape index (κ3) is 1.93. The lowest BCUT2D eigenvalue weighted by Gasteiger charge is -2.33. The van der Waals surface area contributed by atoms with Gasteiger partial charge in [0.2, 0.25) is 0 Å². The first kappa shape index (κ1) is 10.4. The number of hydrogen-bond donors (Lipinski definition) is 0. The lowest BCUT2D eigenvalue weighted by atomic mass is 10.4. The maximum atomic E-state index is 11.8. The van der Waals surface area contributed by atoms with Gasteiger partial charge in [0.05, 0.1) is 0 Å². The van der Waals surface area contributed by atoms with Gasteiger partial charge in [-0.25, -0.2) is 0 Å². The van der Waals surface area contributed by atoms with Crippen molar-refractivity contribution in [3.05, 3.63) is 0 Å². The molecule has 2 heterocycles. The lowest BCUT2D eigenvalue weighted by molar-refractivity contribution is 0.193. The molecule has 6 heteroatoms. The van der Waals surface area contributed by atoms with Crippen molar-refractivity contribution in [3.63, 3.8) is 0 Å². The molecule has 0 bridgehead atoms. The van der Waals surface area contributed by atoms with Gasteiger partial charge in [-0.15, -0.1) is 0 Å². The minimum Gasteiger partial charge on any atom is -0.301 e. The molecular formula is C8H17N3O2S. The van der Waals surface area contributed by atoms with Gasteiger partial charge in [-0.05, 0) is 6.54 Å². The van der Waals surface area contributed by atoms with Crippen LogP contribution in [0.25, 0.3) is 0 Å². The average Bonchev–Trinajstić information content (AvgIpc) is 3.01. The highest BCUT2D eigenvalue weighted by Gasteiger charge is 2.37. The Morgan fingerprint density at radius 3 is 1.71 bits per heavy atom. The third-order valence-corrected chi connectivity index (χ3v) is 4.87. The van der Waals surface area contributed by atoms with E-state index in [-0.39, 0.29) is 0 Å². The summed E-state index contributed by atoms with van der Waals surface area (Å²) in [5, 5.41) is 0. The Morgan fingerprint density at radius 2 is 1.36 bits per heavy atom. The number of piperazine rings is 1. The molecule has 0 aromatic carbocycles. The fraction of sp³-hybridized carbons (Fsp3) is 1.00. The van der Waals surface area contributed by atoms with E-state index in [0.29, 0.717) is 26.2 Å². The molecule has 0 unspecified atom stereocenters. The number of rotatable bonds is 3. The molecule has 0 amide bonds. The maximum absolute atomic E-state index is 11.8. The Balaban J connectivity index is 1.94. The van der Waals surface area contributed by atoms with E-state index in [0.717, 1.165) is 19.6 Å². The smallest absolute Gasteiger partial charge is 0.282 e. The standard InChI is InChI=1S/C8H17N3O2S/c1-2-9-3-5-10(6-4-9)14(12,13)11-7-8-11/h2-8H2,1H3. The SMILES string of the molecule is CCN1CCN(S(=O)(=O)N2CC2)CC1. The molecule has 2 fully saturated rings. The quantitative estimate of drug-likeness (QED) is 0.583. The maximum Gasteiger partial charge on any atom is 0.282 e. The van der Waals surface area contributed by atoms with Gasteiger partial charge in [0.25, 0.3) is 10.2 Å². The summed E-state index contributed by atoms with van der Waals surface area (Å²) >= 11 is 0. The lowest BCUT2D eigenvalue weighted by Crippen LogP contribution is -2.49. The van der Waals surface area contributed by atoms with Crippen molar-refractivity contribution < 1.29 is 8.42 Å². The van der Waals surface area contributed by atoms with E-state index in [4.69, 9.17) is 0 Å². The Morgan fingerprint density at radius 1 is 0.929 bits per heavy atom. The molecule has 0 aromatic rings. The highest BCUT2D eigenvalue weighted by molar-refractivity contribution is 7.87. The van der Waals surface area contributed by atoms with Crippen LogP contribution in [0.4, 0.5) is 0 Å². The molecule has 14 heavy (non-hydrogen) atoms. The number of hydrogen-bond acceptors (Lipinski definition) is 3. The summed E-state index contributed by atoms with van der Waals surface area (Å²) in [4.78, 5) is 2.27. The van der Waals surface area contributed by atoms with E-state index in [2.05, 4.69) is 11.8 Å². The molecule has 82 valence electrons. The van der Waals surface area contributed by atoms with Gasteiger partial charge in [0.15, 0.2) is 0 Å². The molecular weight excluding hydrogens is 202 g/mol.